The number of alkyl halides is 3. The van der Waals surface area contributed by atoms with Crippen molar-refractivity contribution in [2.45, 2.75) is 26.4 Å². The Morgan fingerprint density at radius 2 is 2.05 bits per heavy atom. The highest BCUT2D eigenvalue weighted by atomic mass is 32.1. The number of aryl methyl sites for hydroxylation is 1. The van der Waals surface area contributed by atoms with Crippen LogP contribution in [0.15, 0.2) is 6.07 Å². The first-order chi connectivity index (χ1) is 8.73. The molecule has 1 rings (SSSR count). The number of hydrogen-bond donors (Lipinski definition) is 1. The van der Waals surface area contributed by atoms with Crippen LogP contribution in [-0.4, -0.2) is 34.2 Å². The largest absolute Gasteiger partial charge is 0.406 e. The van der Waals surface area contributed by atoms with Gasteiger partial charge in [-0.25, -0.2) is 9.97 Å². The summed E-state index contributed by atoms with van der Waals surface area (Å²) in [6, 6.07) is 1.55. The summed E-state index contributed by atoms with van der Waals surface area (Å²) in [4.78, 5) is 9.12. The number of halogens is 3. The molecule has 1 aromatic rings. The maximum Gasteiger partial charge on any atom is 0.406 e. The Morgan fingerprint density at radius 3 is 2.53 bits per heavy atom. The summed E-state index contributed by atoms with van der Waals surface area (Å²) in [6.07, 6.45) is -3.76. The van der Waals surface area contributed by atoms with Crippen LogP contribution in [0.1, 0.15) is 24.7 Å². The van der Waals surface area contributed by atoms with E-state index in [0.717, 1.165) is 4.90 Å². The third kappa shape index (κ3) is 4.98. The van der Waals surface area contributed by atoms with Crippen molar-refractivity contribution in [3.8, 4) is 0 Å². The molecule has 0 amide bonds. The van der Waals surface area contributed by atoms with Crippen molar-refractivity contribution in [1.29, 1.82) is 0 Å². The summed E-state index contributed by atoms with van der Waals surface area (Å²) in [5, 5.41) is 0. The Labute approximate surface area is 114 Å². The van der Waals surface area contributed by atoms with Gasteiger partial charge in [-0.1, -0.05) is 19.1 Å². The highest BCUT2D eigenvalue weighted by Crippen LogP contribution is 2.20. The molecule has 8 heteroatoms. The minimum absolute atomic E-state index is 0.00183. The van der Waals surface area contributed by atoms with Gasteiger partial charge in [-0.15, -0.1) is 0 Å². The van der Waals surface area contributed by atoms with E-state index in [-0.39, 0.29) is 23.2 Å². The van der Waals surface area contributed by atoms with E-state index in [9.17, 15) is 13.2 Å². The van der Waals surface area contributed by atoms with Crippen LogP contribution in [-0.2, 0) is 0 Å². The number of aromatic nitrogens is 2. The first-order valence-electron chi connectivity index (χ1n) is 5.70. The second-order valence-corrected chi connectivity index (χ2v) is 4.54. The molecule has 0 unspecified atom stereocenters. The third-order valence-corrected chi connectivity index (χ3v) is 2.45. The number of hydrogen-bond acceptors (Lipinski definition) is 4. The summed E-state index contributed by atoms with van der Waals surface area (Å²) in [6.45, 7) is 2.55. The fraction of sp³-hybridized carbons (Fsp3) is 0.545. The van der Waals surface area contributed by atoms with Gasteiger partial charge in [0.15, 0.2) is 0 Å². The van der Waals surface area contributed by atoms with Crippen molar-refractivity contribution in [3.63, 3.8) is 0 Å². The second-order valence-electron chi connectivity index (χ2n) is 4.10. The van der Waals surface area contributed by atoms with Crippen LogP contribution >= 0.6 is 12.2 Å². The molecule has 0 radical (unpaired) electrons. The molecule has 1 aromatic heterocycles. The zero-order chi connectivity index (χ0) is 14.6. The normalized spacial score (nSPS) is 11.4. The van der Waals surface area contributed by atoms with Crippen LogP contribution in [0, 0.1) is 6.92 Å². The molecule has 4 nitrogen and oxygen atoms in total. The van der Waals surface area contributed by atoms with E-state index in [4.69, 9.17) is 18.0 Å². The van der Waals surface area contributed by atoms with Gasteiger partial charge in [-0.2, -0.15) is 13.2 Å². The van der Waals surface area contributed by atoms with Gasteiger partial charge in [-0.3, -0.25) is 0 Å². The predicted molar refractivity (Wildman–Crippen MR) is 71.2 cm³/mol. The van der Waals surface area contributed by atoms with E-state index in [0.29, 0.717) is 12.1 Å². The lowest BCUT2D eigenvalue weighted by Crippen LogP contribution is -2.36. The minimum atomic E-state index is -4.31. The summed E-state index contributed by atoms with van der Waals surface area (Å²) in [5.74, 6) is 0.00183. The van der Waals surface area contributed by atoms with Gasteiger partial charge < -0.3 is 10.6 Å². The fourth-order valence-electron chi connectivity index (χ4n) is 1.56. The lowest BCUT2D eigenvalue weighted by atomic mass is 10.3. The van der Waals surface area contributed by atoms with Gasteiger partial charge in [0.2, 0.25) is 5.95 Å². The maximum absolute atomic E-state index is 12.5. The van der Waals surface area contributed by atoms with Gasteiger partial charge in [-0.05, 0) is 19.4 Å². The predicted octanol–water partition coefficient (Wildman–Crippen LogP) is 2.20. The first kappa shape index (κ1) is 15.6. The zero-order valence-electron chi connectivity index (χ0n) is 10.7. The molecule has 0 spiro atoms. The third-order valence-electron chi connectivity index (χ3n) is 2.24. The monoisotopic (exact) mass is 292 g/mol. The van der Waals surface area contributed by atoms with Crippen molar-refractivity contribution < 1.29 is 13.2 Å². The second kappa shape index (κ2) is 6.14. The summed E-state index contributed by atoms with van der Waals surface area (Å²) >= 11 is 4.79. The summed E-state index contributed by atoms with van der Waals surface area (Å²) in [5.41, 5.74) is 6.26. The van der Waals surface area contributed by atoms with Crippen molar-refractivity contribution in [2.24, 2.45) is 5.73 Å². The molecule has 1 heterocycles. The molecule has 0 saturated heterocycles. The molecule has 0 aliphatic carbocycles. The molecule has 106 valence electrons. The molecular weight excluding hydrogens is 277 g/mol. The SMILES string of the molecule is CCCN(CC(F)(F)F)c1nc(C)cc(C(N)=S)n1. The summed E-state index contributed by atoms with van der Waals surface area (Å²) in [7, 11) is 0. The van der Waals surface area contributed by atoms with Crippen molar-refractivity contribution >= 4 is 23.2 Å². The molecule has 0 aliphatic heterocycles. The van der Waals surface area contributed by atoms with Crippen molar-refractivity contribution in [2.75, 3.05) is 18.0 Å². The molecule has 2 N–H and O–H groups in total. The Bertz CT molecular complexity index is 462. The van der Waals surface area contributed by atoms with Crippen LogP contribution < -0.4 is 10.6 Å². The first-order valence-corrected chi connectivity index (χ1v) is 6.11. The standard InChI is InChI=1S/C11H15F3N4S/c1-3-4-18(6-11(12,13)14)10-16-7(2)5-8(17-10)9(15)19/h5H,3-4,6H2,1-2H3,(H2,15,19). The molecule has 0 aliphatic rings. The summed E-state index contributed by atoms with van der Waals surface area (Å²) < 4.78 is 37.6. The van der Waals surface area contributed by atoms with E-state index in [1.165, 1.54) is 0 Å². The quantitative estimate of drug-likeness (QED) is 0.843. The number of rotatable bonds is 5. The van der Waals surface area contributed by atoms with Gasteiger partial charge in [0.05, 0.1) is 0 Å². The van der Waals surface area contributed by atoms with E-state index in [2.05, 4.69) is 9.97 Å². The van der Waals surface area contributed by atoms with Crippen LogP contribution in [0.2, 0.25) is 0 Å². The number of nitrogens with two attached hydrogens (primary N) is 1. The Hall–Kier alpha value is -1.44. The Balaban J connectivity index is 3.11. The van der Waals surface area contributed by atoms with Crippen molar-refractivity contribution in [3.05, 3.63) is 17.5 Å². The van der Waals surface area contributed by atoms with Gasteiger partial charge in [0.25, 0.3) is 0 Å². The van der Waals surface area contributed by atoms with Gasteiger partial charge in [0.1, 0.15) is 17.2 Å². The molecule has 0 saturated carbocycles. The van der Waals surface area contributed by atoms with Crippen LogP contribution in [0.3, 0.4) is 0 Å². The molecule has 19 heavy (non-hydrogen) atoms. The molecule has 0 atom stereocenters. The highest BCUT2D eigenvalue weighted by molar-refractivity contribution is 7.80. The zero-order valence-corrected chi connectivity index (χ0v) is 11.5. The molecular formula is C11H15F3N4S. The lowest BCUT2D eigenvalue weighted by molar-refractivity contribution is -0.119. The maximum atomic E-state index is 12.5. The number of anilines is 1. The van der Waals surface area contributed by atoms with Crippen molar-refractivity contribution in [1.82, 2.24) is 9.97 Å². The fourth-order valence-corrected chi connectivity index (χ4v) is 1.66. The number of thiocarbonyl (C=S) groups is 1. The Kier molecular flexibility index (Phi) is 5.04. The van der Waals surface area contributed by atoms with E-state index >= 15 is 0 Å². The highest BCUT2D eigenvalue weighted by Gasteiger charge is 2.31. The Morgan fingerprint density at radius 1 is 1.42 bits per heavy atom. The number of nitrogens with zero attached hydrogens (tertiary/aromatic N) is 3. The van der Waals surface area contributed by atoms with E-state index in [1.54, 1.807) is 19.9 Å². The van der Waals surface area contributed by atoms with Crippen LogP contribution in [0.25, 0.3) is 0 Å². The van der Waals surface area contributed by atoms with Gasteiger partial charge in [0, 0.05) is 12.2 Å². The average molecular weight is 292 g/mol. The molecule has 0 bridgehead atoms. The van der Waals surface area contributed by atoms with E-state index in [1.807, 2.05) is 0 Å². The average Bonchev–Trinajstić information content (AvgIpc) is 2.25. The van der Waals surface area contributed by atoms with Crippen LogP contribution in [0.4, 0.5) is 19.1 Å². The lowest BCUT2D eigenvalue weighted by Gasteiger charge is -2.23. The smallest absolute Gasteiger partial charge is 0.388 e. The molecule has 0 fully saturated rings. The minimum Gasteiger partial charge on any atom is -0.388 e. The molecule has 0 aromatic carbocycles. The van der Waals surface area contributed by atoms with Gasteiger partial charge >= 0.3 is 6.18 Å². The topological polar surface area (TPSA) is 55.0 Å². The van der Waals surface area contributed by atoms with E-state index < -0.39 is 12.7 Å². The van der Waals surface area contributed by atoms with Crippen LogP contribution in [0.5, 0.6) is 0 Å².